The Morgan fingerprint density at radius 1 is 1.25 bits per heavy atom. The average molecular weight is 172 g/mol. The minimum atomic E-state index is -1.33. The molecule has 4 heteroatoms. The molecule has 0 aromatic rings. The van der Waals surface area contributed by atoms with Crippen LogP contribution in [0.5, 0.6) is 0 Å². The molecule has 0 unspecified atom stereocenters. The van der Waals surface area contributed by atoms with E-state index in [0.717, 1.165) is 0 Å². The third-order valence-electron chi connectivity index (χ3n) is 1.21. The first kappa shape index (κ1) is 13.4. The van der Waals surface area contributed by atoms with Gasteiger partial charge in [-0.2, -0.15) is 0 Å². The number of hydrogen-bond acceptors (Lipinski definition) is 2. The predicted octanol–water partition coefficient (Wildman–Crippen LogP) is 0.632. The molecular weight excluding hydrogens is 156 g/mol. The number of amides is 1. The van der Waals surface area contributed by atoms with Crippen molar-refractivity contribution in [1.29, 1.82) is 0 Å². The Bertz CT molecular complexity index is 104. The molecule has 1 amide bonds. The number of carboxylic acid groups (broad SMARTS) is 1. The van der Waals surface area contributed by atoms with Gasteiger partial charge < -0.3 is 16.2 Å². The Morgan fingerprint density at radius 2 is 1.58 bits per heavy atom. The van der Waals surface area contributed by atoms with E-state index in [1.807, 2.05) is 0 Å². The fourth-order valence-electron chi connectivity index (χ4n) is 0.802. The van der Waals surface area contributed by atoms with Crippen molar-refractivity contribution >= 4 is 6.09 Å². The molecular formula is C8H16N2O2. The maximum atomic E-state index is 8.78. The van der Waals surface area contributed by atoms with Crippen molar-refractivity contribution in [3.8, 4) is 12.8 Å². The molecule has 1 fully saturated rings. The van der Waals surface area contributed by atoms with E-state index in [1.54, 1.807) is 0 Å². The second-order valence-electron chi connectivity index (χ2n) is 2.15. The lowest BCUT2D eigenvalue weighted by atomic mass is 10.2. The van der Waals surface area contributed by atoms with Gasteiger partial charge in [-0.15, -0.1) is 12.8 Å². The maximum absolute atomic E-state index is 8.78. The number of piperidine rings is 1. The molecule has 12 heavy (non-hydrogen) atoms. The summed E-state index contributed by atoms with van der Waals surface area (Å²) in [6, 6.07) is 0. The summed E-state index contributed by atoms with van der Waals surface area (Å²) in [5.74, 6) is 0. The summed E-state index contributed by atoms with van der Waals surface area (Å²) in [5, 5.41) is 10.5. The molecule has 1 aliphatic rings. The van der Waals surface area contributed by atoms with Crippen LogP contribution in [0.3, 0.4) is 0 Å². The van der Waals surface area contributed by atoms with Gasteiger partial charge in [0.05, 0.1) is 0 Å². The van der Waals surface area contributed by atoms with Gasteiger partial charge in [-0.25, -0.2) is 4.79 Å². The monoisotopic (exact) mass is 172 g/mol. The van der Waals surface area contributed by atoms with Crippen LogP contribution >= 0.6 is 0 Å². The van der Waals surface area contributed by atoms with Crippen LogP contribution in [0, 0.1) is 12.8 Å². The molecule has 4 nitrogen and oxygen atoms in total. The quantitative estimate of drug-likeness (QED) is 0.469. The molecule has 0 aromatic carbocycles. The largest absolute Gasteiger partial charge is 0.465 e. The van der Waals surface area contributed by atoms with Gasteiger partial charge in [0, 0.05) is 0 Å². The number of terminal acetylenes is 1. The van der Waals surface area contributed by atoms with Crippen molar-refractivity contribution in [1.82, 2.24) is 5.32 Å². The van der Waals surface area contributed by atoms with Crippen LogP contribution in [0.4, 0.5) is 4.79 Å². The number of rotatable bonds is 0. The lowest BCUT2D eigenvalue weighted by Gasteiger charge is -2.08. The Balaban J connectivity index is 0. The molecule has 0 spiro atoms. The molecule has 0 aliphatic carbocycles. The van der Waals surface area contributed by atoms with Crippen LogP contribution in [0.1, 0.15) is 19.3 Å². The zero-order valence-corrected chi connectivity index (χ0v) is 7.12. The van der Waals surface area contributed by atoms with Crippen molar-refractivity contribution in [2.24, 2.45) is 5.73 Å². The van der Waals surface area contributed by atoms with E-state index in [-0.39, 0.29) is 0 Å². The van der Waals surface area contributed by atoms with Gasteiger partial charge in [-0.1, -0.05) is 6.42 Å². The highest BCUT2D eigenvalue weighted by atomic mass is 16.4. The Kier molecular flexibility index (Phi) is 13.9. The van der Waals surface area contributed by atoms with Crippen molar-refractivity contribution < 1.29 is 9.90 Å². The molecule has 0 radical (unpaired) electrons. The highest BCUT2D eigenvalue weighted by Crippen LogP contribution is 1.96. The van der Waals surface area contributed by atoms with E-state index >= 15 is 0 Å². The summed E-state index contributed by atoms with van der Waals surface area (Å²) in [6.45, 7) is 2.50. The molecule has 0 atom stereocenters. The number of nitrogens with one attached hydrogen (secondary N) is 1. The van der Waals surface area contributed by atoms with Crippen LogP contribution in [0.2, 0.25) is 0 Å². The lowest BCUT2D eigenvalue weighted by Crippen LogP contribution is -2.21. The number of primary amides is 1. The molecule has 1 heterocycles. The SMILES string of the molecule is C#C.C1CCNCC1.NC(=O)O. The number of carbonyl (C=O) groups is 1. The summed E-state index contributed by atoms with van der Waals surface area (Å²) in [6.07, 6.45) is 10.9. The van der Waals surface area contributed by atoms with Gasteiger partial charge in [-0.05, 0) is 25.9 Å². The number of hydrogen-bond donors (Lipinski definition) is 3. The van der Waals surface area contributed by atoms with Crippen molar-refractivity contribution in [2.45, 2.75) is 19.3 Å². The van der Waals surface area contributed by atoms with Crippen molar-refractivity contribution in [3.05, 3.63) is 0 Å². The van der Waals surface area contributed by atoms with E-state index in [4.69, 9.17) is 9.90 Å². The van der Waals surface area contributed by atoms with Crippen molar-refractivity contribution in [2.75, 3.05) is 13.1 Å². The molecule has 4 N–H and O–H groups in total. The minimum absolute atomic E-state index is 1.25. The standard InChI is InChI=1S/C5H11N.C2H2.CH3NO2/c1-2-4-6-5-3-1;1-2;2-1(3)4/h6H,1-5H2;1-2H;2H2,(H,3,4). The van der Waals surface area contributed by atoms with E-state index in [0.29, 0.717) is 0 Å². The fraction of sp³-hybridized carbons (Fsp3) is 0.625. The van der Waals surface area contributed by atoms with Crippen LogP contribution in [0.25, 0.3) is 0 Å². The fourth-order valence-corrected chi connectivity index (χ4v) is 0.802. The van der Waals surface area contributed by atoms with Gasteiger partial charge >= 0.3 is 6.09 Å². The second-order valence-corrected chi connectivity index (χ2v) is 2.15. The Hall–Kier alpha value is -1.21. The lowest BCUT2D eigenvalue weighted by molar-refractivity contribution is 0.205. The normalized spacial score (nSPS) is 14.2. The first-order chi connectivity index (χ1) is 5.73. The molecule has 0 bridgehead atoms. The van der Waals surface area contributed by atoms with E-state index in [9.17, 15) is 0 Å². The minimum Gasteiger partial charge on any atom is -0.465 e. The predicted molar refractivity (Wildman–Crippen MR) is 48.8 cm³/mol. The third-order valence-corrected chi connectivity index (χ3v) is 1.21. The topological polar surface area (TPSA) is 75.3 Å². The first-order valence-electron chi connectivity index (χ1n) is 3.76. The van der Waals surface area contributed by atoms with Gasteiger partial charge in [0.1, 0.15) is 0 Å². The zero-order valence-electron chi connectivity index (χ0n) is 7.12. The van der Waals surface area contributed by atoms with Gasteiger partial charge in [0.2, 0.25) is 0 Å². The first-order valence-corrected chi connectivity index (χ1v) is 3.76. The zero-order chi connectivity index (χ0) is 9.82. The van der Waals surface area contributed by atoms with Crippen LogP contribution in [-0.4, -0.2) is 24.3 Å². The summed E-state index contributed by atoms with van der Waals surface area (Å²) < 4.78 is 0. The molecule has 0 aromatic heterocycles. The second kappa shape index (κ2) is 12.5. The Morgan fingerprint density at radius 3 is 1.67 bits per heavy atom. The Labute approximate surface area is 73.1 Å². The van der Waals surface area contributed by atoms with Gasteiger partial charge in [0.15, 0.2) is 0 Å². The summed E-state index contributed by atoms with van der Waals surface area (Å²) in [4.78, 5) is 8.78. The number of nitrogens with two attached hydrogens (primary N) is 1. The molecule has 1 rings (SSSR count). The average Bonchev–Trinajstić information content (AvgIpc) is 2.10. The molecule has 0 saturated carbocycles. The molecule has 1 aliphatic heterocycles. The van der Waals surface area contributed by atoms with E-state index in [1.165, 1.54) is 32.4 Å². The van der Waals surface area contributed by atoms with Gasteiger partial charge in [0.25, 0.3) is 0 Å². The van der Waals surface area contributed by atoms with E-state index in [2.05, 4.69) is 23.9 Å². The van der Waals surface area contributed by atoms with Crippen LogP contribution in [-0.2, 0) is 0 Å². The summed E-state index contributed by atoms with van der Waals surface area (Å²) in [5.41, 5.74) is 4.03. The van der Waals surface area contributed by atoms with E-state index < -0.39 is 6.09 Å². The molecule has 1 saturated heterocycles. The summed E-state index contributed by atoms with van der Waals surface area (Å²) in [7, 11) is 0. The molecule has 70 valence electrons. The van der Waals surface area contributed by atoms with Gasteiger partial charge in [-0.3, -0.25) is 0 Å². The van der Waals surface area contributed by atoms with Crippen LogP contribution in [0.15, 0.2) is 0 Å². The highest BCUT2D eigenvalue weighted by Gasteiger charge is 1.93. The highest BCUT2D eigenvalue weighted by molar-refractivity contribution is 5.61. The summed E-state index contributed by atoms with van der Waals surface area (Å²) >= 11 is 0. The maximum Gasteiger partial charge on any atom is 0.402 e. The third kappa shape index (κ3) is 23.2. The smallest absolute Gasteiger partial charge is 0.402 e. The van der Waals surface area contributed by atoms with Crippen molar-refractivity contribution in [3.63, 3.8) is 0 Å². The van der Waals surface area contributed by atoms with Crippen LogP contribution < -0.4 is 11.1 Å².